The van der Waals surface area contributed by atoms with Crippen LogP contribution in [0.25, 0.3) is 0 Å². The Bertz CT molecular complexity index is 706. The third kappa shape index (κ3) is 6.28. The van der Waals surface area contributed by atoms with E-state index in [1.807, 2.05) is 11.0 Å². The van der Waals surface area contributed by atoms with Crippen LogP contribution in [-0.4, -0.2) is 74.5 Å². The van der Waals surface area contributed by atoms with Gasteiger partial charge in [0.2, 0.25) is 11.8 Å². The number of amides is 2. The van der Waals surface area contributed by atoms with Crippen molar-refractivity contribution in [1.82, 2.24) is 10.2 Å². The first-order valence-corrected chi connectivity index (χ1v) is 11.6. The molecule has 3 aliphatic rings. The number of carbonyl (C=O) groups is 2. The largest absolute Gasteiger partial charge is 0.381 e. The van der Waals surface area contributed by atoms with E-state index in [0.717, 1.165) is 32.1 Å². The summed E-state index contributed by atoms with van der Waals surface area (Å²) in [7, 11) is 0. The molecule has 3 heterocycles. The van der Waals surface area contributed by atoms with E-state index in [9.17, 15) is 9.59 Å². The maximum Gasteiger partial charge on any atom is 0.223 e. The third-order valence-corrected chi connectivity index (χ3v) is 6.48. The fourth-order valence-electron chi connectivity index (χ4n) is 4.57. The Morgan fingerprint density at radius 2 is 1.65 bits per heavy atom. The highest BCUT2D eigenvalue weighted by Crippen LogP contribution is 2.22. The molecule has 1 aromatic carbocycles. The second-order valence-electron chi connectivity index (χ2n) is 8.83. The summed E-state index contributed by atoms with van der Waals surface area (Å²) in [6.45, 7) is 3.29. The Morgan fingerprint density at radius 3 is 2.32 bits per heavy atom. The van der Waals surface area contributed by atoms with Crippen LogP contribution in [0, 0.1) is 5.92 Å². The molecule has 0 bridgehead atoms. The van der Waals surface area contributed by atoms with Gasteiger partial charge in [-0.3, -0.25) is 9.59 Å². The number of ether oxygens (including phenoxy) is 3. The summed E-state index contributed by atoms with van der Waals surface area (Å²) in [5.41, 5.74) is 1.32. The number of unbranched alkanes of at least 4 members (excludes halogenated alkanes) is 1. The highest BCUT2D eigenvalue weighted by atomic mass is 16.6. The van der Waals surface area contributed by atoms with Crippen molar-refractivity contribution in [2.45, 2.75) is 56.8 Å². The Balaban J connectivity index is 1.15. The highest BCUT2D eigenvalue weighted by Gasteiger charge is 2.39. The van der Waals surface area contributed by atoms with Crippen molar-refractivity contribution in [2.75, 3.05) is 39.5 Å². The first-order valence-electron chi connectivity index (χ1n) is 11.6. The highest BCUT2D eigenvalue weighted by molar-refractivity contribution is 5.79. The van der Waals surface area contributed by atoms with Gasteiger partial charge in [-0.1, -0.05) is 30.3 Å². The zero-order chi connectivity index (χ0) is 21.5. The van der Waals surface area contributed by atoms with Gasteiger partial charge < -0.3 is 24.4 Å². The van der Waals surface area contributed by atoms with Gasteiger partial charge in [0.05, 0.1) is 19.3 Å². The molecule has 170 valence electrons. The fraction of sp³-hybridized carbons (Fsp3) is 0.667. The Kier molecular flexibility index (Phi) is 7.94. The zero-order valence-corrected chi connectivity index (χ0v) is 18.2. The van der Waals surface area contributed by atoms with Crippen LogP contribution in [0.2, 0.25) is 0 Å². The summed E-state index contributed by atoms with van der Waals surface area (Å²) >= 11 is 0. The molecule has 7 nitrogen and oxygen atoms in total. The average Bonchev–Trinajstić information content (AvgIpc) is 3.14. The van der Waals surface area contributed by atoms with Crippen molar-refractivity contribution in [3.8, 4) is 0 Å². The van der Waals surface area contributed by atoms with Crippen LogP contribution in [0.4, 0.5) is 0 Å². The van der Waals surface area contributed by atoms with Crippen molar-refractivity contribution in [3.05, 3.63) is 35.9 Å². The van der Waals surface area contributed by atoms with Gasteiger partial charge in [-0.05, 0) is 37.7 Å². The molecule has 3 saturated heterocycles. The summed E-state index contributed by atoms with van der Waals surface area (Å²) in [6, 6.07) is 10.2. The van der Waals surface area contributed by atoms with Gasteiger partial charge in [-0.25, -0.2) is 0 Å². The average molecular weight is 431 g/mol. The number of hydrogen-bond acceptors (Lipinski definition) is 5. The summed E-state index contributed by atoms with van der Waals surface area (Å²) in [5.74, 6) is 0.268. The van der Waals surface area contributed by atoms with Gasteiger partial charge in [0.1, 0.15) is 12.2 Å². The molecule has 0 unspecified atom stereocenters. The molecular weight excluding hydrogens is 396 g/mol. The SMILES string of the molecule is O=C(NC1CO[C@H]2CN(C(=O)CCCCc3ccccc3)C[C@@H]2OC1)C1CCOCC1. The first-order chi connectivity index (χ1) is 15.2. The second kappa shape index (κ2) is 11.1. The lowest BCUT2D eigenvalue weighted by molar-refractivity contribution is -0.131. The lowest BCUT2D eigenvalue weighted by Crippen LogP contribution is -2.45. The van der Waals surface area contributed by atoms with E-state index in [2.05, 4.69) is 29.6 Å². The summed E-state index contributed by atoms with van der Waals surface area (Å²) in [4.78, 5) is 26.9. The van der Waals surface area contributed by atoms with Gasteiger partial charge in [-0.2, -0.15) is 0 Å². The van der Waals surface area contributed by atoms with Crippen LogP contribution in [0.3, 0.4) is 0 Å². The molecule has 2 amide bonds. The third-order valence-electron chi connectivity index (χ3n) is 6.48. The van der Waals surface area contributed by atoms with Gasteiger partial charge in [0, 0.05) is 38.6 Å². The fourth-order valence-corrected chi connectivity index (χ4v) is 4.57. The minimum atomic E-state index is -0.136. The molecular formula is C24H34N2O5. The van der Waals surface area contributed by atoms with E-state index in [-0.39, 0.29) is 36.0 Å². The summed E-state index contributed by atoms with van der Waals surface area (Å²) in [5, 5.41) is 3.07. The van der Waals surface area contributed by atoms with E-state index in [1.165, 1.54) is 5.56 Å². The normalized spacial score (nSPS) is 25.1. The molecule has 1 aromatic rings. The molecule has 0 radical (unpaired) electrons. The number of benzene rings is 1. The number of rotatable bonds is 7. The van der Waals surface area contributed by atoms with Gasteiger partial charge in [0.15, 0.2) is 0 Å². The minimum absolute atomic E-state index is 0.0199. The number of carbonyl (C=O) groups excluding carboxylic acids is 2. The van der Waals surface area contributed by atoms with Crippen LogP contribution in [0.1, 0.15) is 37.7 Å². The van der Waals surface area contributed by atoms with Crippen LogP contribution in [0.15, 0.2) is 30.3 Å². The molecule has 3 aliphatic heterocycles. The van der Waals surface area contributed by atoms with E-state index in [1.54, 1.807) is 0 Å². The molecule has 0 spiro atoms. The second-order valence-corrected chi connectivity index (χ2v) is 8.83. The quantitative estimate of drug-likeness (QED) is 0.669. The van der Waals surface area contributed by atoms with Crippen molar-refractivity contribution in [2.24, 2.45) is 5.92 Å². The van der Waals surface area contributed by atoms with Crippen LogP contribution in [0.5, 0.6) is 0 Å². The molecule has 0 aromatic heterocycles. The summed E-state index contributed by atoms with van der Waals surface area (Å²) in [6.07, 6.45) is 4.79. The van der Waals surface area contributed by atoms with Crippen LogP contribution in [-0.2, 0) is 30.2 Å². The zero-order valence-electron chi connectivity index (χ0n) is 18.2. The number of nitrogens with one attached hydrogen (secondary N) is 1. The van der Waals surface area contributed by atoms with Crippen molar-refractivity contribution < 1.29 is 23.8 Å². The predicted octanol–water partition coefficient (Wildman–Crippen LogP) is 1.94. The number of fused-ring (bicyclic) bond motifs is 1. The molecule has 31 heavy (non-hydrogen) atoms. The number of likely N-dealkylation sites (tertiary alicyclic amines) is 1. The predicted molar refractivity (Wildman–Crippen MR) is 116 cm³/mol. The maximum atomic E-state index is 12.6. The smallest absolute Gasteiger partial charge is 0.223 e. The molecule has 0 aliphatic carbocycles. The van der Waals surface area contributed by atoms with Crippen molar-refractivity contribution in [1.29, 1.82) is 0 Å². The molecule has 7 heteroatoms. The molecule has 4 rings (SSSR count). The van der Waals surface area contributed by atoms with Gasteiger partial charge in [0.25, 0.3) is 0 Å². The molecule has 1 N–H and O–H groups in total. The molecule has 3 fully saturated rings. The molecule has 2 atom stereocenters. The molecule has 0 saturated carbocycles. The lowest BCUT2D eigenvalue weighted by atomic mass is 9.99. The van der Waals surface area contributed by atoms with Crippen molar-refractivity contribution in [3.63, 3.8) is 0 Å². The van der Waals surface area contributed by atoms with Gasteiger partial charge >= 0.3 is 0 Å². The number of nitrogens with zero attached hydrogens (tertiary/aromatic N) is 1. The number of hydrogen-bond donors (Lipinski definition) is 1. The van der Waals surface area contributed by atoms with Crippen molar-refractivity contribution >= 4 is 11.8 Å². The van der Waals surface area contributed by atoms with E-state index in [0.29, 0.717) is 45.9 Å². The van der Waals surface area contributed by atoms with Crippen LogP contribution < -0.4 is 5.32 Å². The van der Waals surface area contributed by atoms with E-state index < -0.39 is 0 Å². The summed E-state index contributed by atoms with van der Waals surface area (Å²) < 4.78 is 17.4. The van der Waals surface area contributed by atoms with E-state index >= 15 is 0 Å². The monoisotopic (exact) mass is 430 g/mol. The Morgan fingerprint density at radius 1 is 0.968 bits per heavy atom. The topological polar surface area (TPSA) is 77.1 Å². The lowest BCUT2D eigenvalue weighted by Gasteiger charge is -2.24. The van der Waals surface area contributed by atoms with E-state index in [4.69, 9.17) is 14.2 Å². The standard InChI is InChI=1S/C24H34N2O5/c27-23(9-5-4-8-18-6-2-1-3-7-18)26-14-21-22(15-26)31-17-20(16-30-21)25-24(28)19-10-12-29-13-11-19/h1-3,6-7,19-22H,4-5,8-17H2,(H,25,28)/t21-,22-/m0/s1. The first kappa shape index (κ1) is 22.2. The van der Waals surface area contributed by atoms with Crippen LogP contribution >= 0.6 is 0 Å². The van der Waals surface area contributed by atoms with Gasteiger partial charge in [-0.15, -0.1) is 0 Å². The minimum Gasteiger partial charge on any atom is -0.381 e. The Hall–Kier alpha value is -1.96. The number of aryl methyl sites for hydroxylation is 1. The maximum absolute atomic E-state index is 12.6. The Labute approximate surface area is 184 Å².